The van der Waals surface area contributed by atoms with E-state index in [2.05, 4.69) is 32.3 Å². The fourth-order valence-electron chi connectivity index (χ4n) is 4.78. The summed E-state index contributed by atoms with van der Waals surface area (Å²) in [4.78, 5) is 37.6. The first kappa shape index (κ1) is 19.7. The van der Waals surface area contributed by atoms with E-state index in [0.717, 1.165) is 50.8 Å². The average Bonchev–Trinajstić information content (AvgIpc) is 3.34. The molecule has 1 aliphatic carbocycles. The third-order valence-electron chi connectivity index (χ3n) is 6.45. The topological polar surface area (TPSA) is 80.1 Å². The van der Waals surface area contributed by atoms with Crippen molar-refractivity contribution in [2.24, 2.45) is 0 Å². The molecule has 0 spiro atoms. The number of pyridine rings is 1. The SMILES string of the molecule is CCn1cc(C(=O)NC2CCCc3ccccc32)c(=O)c2cnc(N3CCCC3)nc21. The van der Waals surface area contributed by atoms with Gasteiger partial charge in [-0.05, 0) is 50.2 Å². The van der Waals surface area contributed by atoms with Crippen LogP contribution in [0.3, 0.4) is 0 Å². The van der Waals surface area contributed by atoms with Gasteiger partial charge in [0, 0.05) is 32.0 Å². The molecular formula is C24H27N5O2. The highest BCUT2D eigenvalue weighted by Crippen LogP contribution is 2.29. The summed E-state index contributed by atoms with van der Waals surface area (Å²) in [5.74, 6) is 0.321. The Bertz CT molecular complexity index is 1200. The summed E-state index contributed by atoms with van der Waals surface area (Å²) in [5, 5.41) is 3.49. The molecule has 1 atom stereocenters. The third kappa shape index (κ3) is 3.58. The van der Waals surface area contributed by atoms with Crippen LogP contribution in [0.1, 0.15) is 60.1 Å². The Kier molecular flexibility index (Phi) is 5.18. The lowest BCUT2D eigenvalue weighted by atomic mass is 9.87. The summed E-state index contributed by atoms with van der Waals surface area (Å²) in [6, 6.07) is 8.14. The largest absolute Gasteiger partial charge is 0.345 e. The number of carbonyl (C=O) groups is 1. The highest BCUT2D eigenvalue weighted by molar-refractivity contribution is 5.97. The summed E-state index contributed by atoms with van der Waals surface area (Å²) >= 11 is 0. The number of carbonyl (C=O) groups excluding carboxylic acids is 1. The first-order chi connectivity index (χ1) is 15.2. The fourth-order valence-corrected chi connectivity index (χ4v) is 4.78. The summed E-state index contributed by atoms with van der Waals surface area (Å²) in [6.45, 7) is 4.47. The first-order valence-corrected chi connectivity index (χ1v) is 11.2. The van der Waals surface area contributed by atoms with Crippen LogP contribution >= 0.6 is 0 Å². The van der Waals surface area contributed by atoms with Crippen LogP contribution in [-0.2, 0) is 13.0 Å². The van der Waals surface area contributed by atoms with E-state index in [4.69, 9.17) is 0 Å². The van der Waals surface area contributed by atoms with E-state index in [9.17, 15) is 9.59 Å². The molecule has 7 heteroatoms. The van der Waals surface area contributed by atoms with Crippen molar-refractivity contribution in [3.8, 4) is 0 Å². The Morgan fingerprint density at radius 2 is 2.00 bits per heavy atom. The molecular weight excluding hydrogens is 390 g/mol. The van der Waals surface area contributed by atoms with Crippen LogP contribution in [0, 0.1) is 0 Å². The van der Waals surface area contributed by atoms with E-state index >= 15 is 0 Å². The summed E-state index contributed by atoms with van der Waals surface area (Å²) in [5.41, 5.74) is 2.84. The lowest BCUT2D eigenvalue weighted by Crippen LogP contribution is -2.34. The molecule has 5 rings (SSSR count). The molecule has 1 amide bonds. The quantitative estimate of drug-likeness (QED) is 0.705. The van der Waals surface area contributed by atoms with Gasteiger partial charge in [-0.25, -0.2) is 4.98 Å². The zero-order valence-electron chi connectivity index (χ0n) is 17.8. The number of anilines is 1. The second-order valence-corrected chi connectivity index (χ2v) is 8.38. The van der Waals surface area contributed by atoms with Gasteiger partial charge in [0.2, 0.25) is 11.4 Å². The van der Waals surface area contributed by atoms with Gasteiger partial charge in [-0.2, -0.15) is 4.98 Å². The van der Waals surface area contributed by atoms with Crippen LogP contribution in [0.25, 0.3) is 11.0 Å². The molecule has 31 heavy (non-hydrogen) atoms. The number of aromatic nitrogens is 3. The van der Waals surface area contributed by atoms with Gasteiger partial charge >= 0.3 is 0 Å². The second-order valence-electron chi connectivity index (χ2n) is 8.38. The van der Waals surface area contributed by atoms with E-state index < -0.39 is 0 Å². The fraction of sp³-hybridized carbons (Fsp3) is 0.417. The Morgan fingerprint density at radius 1 is 1.19 bits per heavy atom. The number of hydrogen-bond acceptors (Lipinski definition) is 5. The first-order valence-electron chi connectivity index (χ1n) is 11.2. The molecule has 160 valence electrons. The third-order valence-corrected chi connectivity index (χ3v) is 6.45. The number of nitrogens with one attached hydrogen (secondary N) is 1. The highest BCUT2D eigenvalue weighted by atomic mass is 16.2. The number of hydrogen-bond donors (Lipinski definition) is 1. The van der Waals surface area contributed by atoms with E-state index in [1.807, 2.05) is 23.6 Å². The molecule has 1 aliphatic heterocycles. The molecule has 7 nitrogen and oxygen atoms in total. The van der Waals surface area contributed by atoms with E-state index in [1.54, 1.807) is 12.4 Å². The van der Waals surface area contributed by atoms with Crippen molar-refractivity contribution >= 4 is 22.9 Å². The monoisotopic (exact) mass is 417 g/mol. The maximum Gasteiger partial charge on any atom is 0.257 e. The minimum atomic E-state index is -0.334. The van der Waals surface area contributed by atoms with Crippen LogP contribution in [0.15, 0.2) is 41.5 Å². The predicted octanol–water partition coefficient (Wildman–Crippen LogP) is 3.22. The highest BCUT2D eigenvalue weighted by Gasteiger charge is 2.24. The summed E-state index contributed by atoms with van der Waals surface area (Å²) < 4.78 is 1.88. The number of aryl methyl sites for hydroxylation is 2. The van der Waals surface area contributed by atoms with Crippen molar-refractivity contribution < 1.29 is 4.79 Å². The predicted molar refractivity (Wildman–Crippen MR) is 121 cm³/mol. The molecule has 1 unspecified atom stereocenters. The number of nitrogens with zero attached hydrogens (tertiary/aromatic N) is 4. The molecule has 0 bridgehead atoms. The van der Waals surface area contributed by atoms with E-state index in [1.165, 1.54) is 5.56 Å². The molecule has 3 aromatic rings. The van der Waals surface area contributed by atoms with Crippen LogP contribution in [0.4, 0.5) is 5.95 Å². The van der Waals surface area contributed by atoms with Crippen molar-refractivity contribution in [1.82, 2.24) is 19.9 Å². The van der Waals surface area contributed by atoms with Crippen LogP contribution in [-0.4, -0.2) is 33.5 Å². The average molecular weight is 418 g/mol. The van der Waals surface area contributed by atoms with Gasteiger partial charge in [-0.3, -0.25) is 9.59 Å². The number of rotatable bonds is 4. The molecule has 1 aromatic carbocycles. The molecule has 1 fully saturated rings. The minimum Gasteiger partial charge on any atom is -0.345 e. The molecule has 1 N–H and O–H groups in total. The minimum absolute atomic E-state index is 0.0728. The Labute approximate surface area is 181 Å². The molecule has 2 aliphatic rings. The van der Waals surface area contributed by atoms with Crippen LogP contribution in [0.5, 0.6) is 0 Å². The molecule has 0 radical (unpaired) electrons. The lowest BCUT2D eigenvalue weighted by Gasteiger charge is -2.26. The van der Waals surface area contributed by atoms with Gasteiger partial charge in [0.1, 0.15) is 11.2 Å². The van der Waals surface area contributed by atoms with Gasteiger partial charge in [-0.1, -0.05) is 24.3 Å². The molecule has 0 saturated carbocycles. The standard InChI is InChI=1S/C24H27N5O2/c1-2-28-15-19(23(31)26-20-11-7-9-16-8-3-4-10-17(16)20)21(30)18-14-25-24(27-22(18)28)29-12-5-6-13-29/h3-4,8,10,14-15,20H,2,5-7,9,11-13H2,1H3,(H,26,31). The maximum absolute atomic E-state index is 13.2. The van der Waals surface area contributed by atoms with Gasteiger partial charge < -0.3 is 14.8 Å². The van der Waals surface area contributed by atoms with Crippen LogP contribution < -0.4 is 15.6 Å². The Hall–Kier alpha value is -3.22. The van der Waals surface area contributed by atoms with Crippen molar-refractivity contribution in [1.29, 1.82) is 0 Å². The van der Waals surface area contributed by atoms with Gasteiger partial charge in [0.15, 0.2) is 0 Å². The Morgan fingerprint density at radius 3 is 2.81 bits per heavy atom. The van der Waals surface area contributed by atoms with Crippen molar-refractivity contribution in [3.63, 3.8) is 0 Å². The summed E-state index contributed by atoms with van der Waals surface area (Å²) in [7, 11) is 0. The zero-order valence-corrected chi connectivity index (χ0v) is 17.8. The number of fused-ring (bicyclic) bond motifs is 2. The van der Waals surface area contributed by atoms with Gasteiger partial charge in [-0.15, -0.1) is 0 Å². The maximum atomic E-state index is 13.2. The normalized spacial score (nSPS) is 18.2. The van der Waals surface area contributed by atoms with Gasteiger partial charge in [0.25, 0.3) is 5.91 Å². The second kappa shape index (κ2) is 8.13. The van der Waals surface area contributed by atoms with Gasteiger partial charge in [0.05, 0.1) is 11.4 Å². The molecule has 1 saturated heterocycles. The number of benzene rings is 1. The summed E-state index contributed by atoms with van der Waals surface area (Å²) in [6.07, 6.45) is 8.41. The molecule has 2 aromatic heterocycles. The molecule has 3 heterocycles. The smallest absolute Gasteiger partial charge is 0.257 e. The number of amides is 1. The lowest BCUT2D eigenvalue weighted by molar-refractivity contribution is 0.0931. The van der Waals surface area contributed by atoms with E-state index in [-0.39, 0.29) is 22.9 Å². The Balaban J connectivity index is 1.50. The van der Waals surface area contributed by atoms with Crippen molar-refractivity contribution in [2.45, 2.75) is 51.6 Å². The van der Waals surface area contributed by atoms with Crippen molar-refractivity contribution in [3.05, 3.63) is 63.6 Å². The van der Waals surface area contributed by atoms with Crippen LogP contribution in [0.2, 0.25) is 0 Å². The zero-order chi connectivity index (χ0) is 21.4. The van der Waals surface area contributed by atoms with E-state index in [0.29, 0.717) is 23.5 Å². The van der Waals surface area contributed by atoms with Crippen molar-refractivity contribution in [2.75, 3.05) is 18.0 Å².